The predicted molar refractivity (Wildman–Crippen MR) is 92.7 cm³/mol. The zero-order valence-corrected chi connectivity index (χ0v) is 14.3. The first-order valence-corrected chi connectivity index (χ1v) is 9.07. The van der Waals surface area contributed by atoms with Crippen LogP contribution in [0, 0.1) is 5.92 Å². The van der Waals surface area contributed by atoms with E-state index < -0.39 is 0 Å². The van der Waals surface area contributed by atoms with E-state index in [0.29, 0.717) is 17.5 Å². The molecule has 1 saturated heterocycles. The molecule has 1 fully saturated rings. The lowest BCUT2D eigenvalue weighted by atomic mass is 9.97. The van der Waals surface area contributed by atoms with Gasteiger partial charge in [0.05, 0.1) is 10.9 Å². The third kappa shape index (κ3) is 3.82. The monoisotopic (exact) mass is 353 g/mol. The summed E-state index contributed by atoms with van der Waals surface area (Å²) in [4.78, 5) is 27.5. The molecule has 0 aliphatic carbocycles. The number of anilines is 1. The normalized spacial score (nSPS) is 21.7. The van der Waals surface area contributed by atoms with E-state index in [4.69, 9.17) is 17.3 Å². The molecule has 0 bridgehead atoms. The van der Waals surface area contributed by atoms with Crippen molar-refractivity contribution in [1.29, 1.82) is 0 Å². The molecule has 0 saturated carbocycles. The maximum absolute atomic E-state index is 12.5. The number of fused-ring (bicyclic) bond motifs is 1. The summed E-state index contributed by atoms with van der Waals surface area (Å²) in [7, 11) is 0. The zero-order chi connectivity index (χ0) is 16.4. The minimum Gasteiger partial charge on any atom is -0.343 e. The number of nitrogens with zero attached hydrogens (tertiary/aromatic N) is 1. The molecule has 5 nitrogen and oxygen atoms in total. The van der Waals surface area contributed by atoms with E-state index in [-0.39, 0.29) is 23.5 Å². The van der Waals surface area contributed by atoms with Gasteiger partial charge in [-0.1, -0.05) is 11.6 Å². The number of benzene rings is 1. The molecule has 2 aliphatic rings. The lowest BCUT2D eigenvalue weighted by Gasteiger charge is -2.32. The fourth-order valence-electron chi connectivity index (χ4n) is 2.96. The molecule has 2 amide bonds. The highest BCUT2D eigenvalue weighted by atomic mass is 35.5. The Morgan fingerprint density at radius 1 is 1.39 bits per heavy atom. The number of hydrogen-bond donors (Lipinski definition) is 2. The lowest BCUT2D eigenvalue weighted by Crippen LogP contribution is -2.42. The number of nitrogens with two attached hydrogens (primary N) is 1. The summed E-state index contributed by atoms with van der Waals surface area (Å²) in [6, 6.07) is 5.41. The van der Waals surface area contributed by atoms with Crippen LogP contribution < -0.4 is 11.1 Å². The van der Waals surface area contributed by atoms with Crippen LogP contribution in [0.4, 0.5) is 5.69 Å². The molecule has 2 heterocycles. The summed E-state index contributed by atoms with van der Waals surface area (Å²) in [5.41, 5.74) is 6.40. The molecular weight excluding hydrogens is 334 g/mol. The van der Waals surface area contributed by atoms with Gasteiger partial charge in [-0.25, -0.2) is 0 Å². The van der Waals surface area contributed by atoms with Crippen molar-refractivity contribution in [3.8, 4) is 0 Å². The second kappa shape index (κ2) is 7.11. The van der Waals surface area contributed by atoms with E-state index in [2.05, 4.69) is 5.32 Å². The number of nitrogens with one attached hydrogen (secondary N) is 1. The SMILES string of the molecule is NCC1CCN(C(=O)CC2Sc3ccc(Cl)cc3NC2=O)CC1. The number of halogens is 1. The Morgan fingerprint density at radius 3 is 2.83 bits per heavy atom. The molecule has 7 heteroatoms. The number of carbonyl (C=O) groups is 2. The van der Waals surface area contributed by atoms with Crippen LogP contribution in [0.15, 0.2) is 23.1 Å². The van der Waals surface area contributed by atoms with Crippen LogP contribution in [0.25, 0.3) is 0 Å². The quantitative estimate of drug-likeness (QED) is 0.874. The van der Waals surface area contributed by atoms with Crippen LogP contribution in [0.2, 0.25) is 5.02 Å². The van der Waals surface area contributed by atoms with Gasteiger partial charge >= 0.3 is 0 Å². The van der Waals surface area contributed by atoms with Crippen molar-refractivity contribution in [2.75, 3.05) is 25.0 Å². The van der Waals surface area contributed by atoms with Crippen molar-refractivity contribution in [3.63, 3.8) is 0 Å². The molecule has 0 radical (unpaired) electrons. The van der Waals surface area contributed by atoms with Gasteiger partial charge in [0.2, 0.25) is 11.8 Å². The third-order valence-corrected chi connectivity index (χ3v) is 5.93. The highest BCUT2D eigenvalue weighted by Crippen LogP contribution is 2.38. The molecular formula is C16H20ClN3O2S. The van der Waals surface area contributed by atoms with Crippen molar-refractivity contribution >= 4 is 40.9 Å². The molecule has 1 aromatic rings. The van der Waals surface area contributed by atoms with Gasteiger partial charge in [0, 0.05) is 29.4 Å². The summed E-state index contributed by atoms with van der Waals surface area (Å²) >= 11 is 7.37. The number of piperidine rings is 1. The molecule has 0 aromatic heterocycles. The minimum atomic E-state index is -0.386. The molecule has 23 heavy (non-hydrogen) atoms. The number of carbonyl (C=O) groups excluding carboxylic acids is 2. The fraction of sp³-hybridized carbons (Fsp3) is 0.500. The molecule has 2 aliphatic heterocycles. The van der Waals surface area contributed by atoms with Crippen LogP contribution >= 0.6 is 23.4 Å². The van der Waals surface area contributed by atoms with Gasteiger partial charge in [0.15, 0.2) is 0 Å². The molecule has 0 spiro atoms. The lowest BCUT2D eigenvalue weighted by molar-refractivity contribution is -0.133. The Labute approximate surface area is 144 Å². The van der Waals surface area contributed by atoms with Gasteiger partial charge in [-0.2, -0.15) is 0 Å². The fourth-order valence-corrected chi connectivity index (χ4v) is 4.22. The standard InChI is InChI=1S/C16H20ClN3O2S/c17-11-1-2-13-12(7-11)19-16(22)14(23-13)8-15(21)20-5-3-10(9-18)4-6-20/h1-2,7,10,14H,3-6,8-9,18H2,(H,19,22). The van der Waals surface area contributed by atoms with Crippen molar-refractivity contribution in [3.05, 3.63) is 23.2 Å². The van der Waals surface area contributed by atoms with Crippen molar-refractivity contribution in [2.24, 2.45) is 11.7 Å². The zero-order valence-electron chi connectivity index (χ0n) is 12.8. The average Bonchev–Trinajstić information content (AvgIpc) is 2.55. The van der Waals surface area contributed by atoms with E-state index >= 15 is 0 Å². The number of rotatable bonds is 3. The smallest absolute Gasteiger partial charge is 0.238 e. The Balaban J connectivity index is 1.61. The molecule has 3 rings (SSSR count). The second-order valence-corrected chi connectivity index (χ2v) is 7.68. The summed E-state index contributed by atoms with van der Waals surface area (Å²) in [5, 5.41) is 3.04. The largest absolute Gasteiger partial charge is 0.343 e. The summed E-state index contributed by atoms with van der Waals surface area (Å²) in [6.45, 7) is 2.17. The molecule has 3 N–H and O–H groups in total. The molecule has 1 unspecified atom stereocenters. The Morgan fingerprint density at radius 2 is 2.13 bits per heavy atom. The van der Waals surface area contributed by atoms with Crippen LogP contribution in [-0.2, 0) is 9.59 Å². The predicted octanol–water partition coefficient (Wildman–Crippen LogP) is 2.34. The third-order valence-electron chi connectivity index (χ3n) is 4.42. The van der Waals surface area contributed by atoms with Gasteiger partial charge in [0.25, 0.3) is 0 Å². The van der Waals surface area contributed by atoms with E-state index in [1.807, 2.05) is 11.0 Å². The van der Waals surface area contributed by atoms with Crippen molar-refractivity contribution < 1.29 is 9.59 Å². The molecule has 124 valence electrons. The van der Waals surface area contributed by atoms with Gasteiger partial charge in [-0.3, -0.25) is 9.59 Å². The first-order valence-electron chi connectivity index (χ1n) is 7.81. The summed E-state index contributed by atoms with van der Waals surface area (Å²) in [6.07, 6.45) is 2.13. The van der Waals surface area contributed by atoms with E-state index in [0.717, 1.165) is 36.5 Å². The topological polar surface area (TPSA) is 75.4 Å². The van der Waals surface area contributed by atoms with E-state index in [1.54, 1.807) is 12.1 Å². The number of hydrogen-bond acceptors (Lipinski definition) is 4. The highest BCUT2D eigenvalue weighted by Gasteiger charge is 2.31. The minimum absolute atomic E-state index is 0.0468. The van der Waals surface area contributed by atoms with Crippen LogP contribution in [-0.4, -0.2) is 41.6 Å². The molecule has 1 aromatic carbocycles. The van der Waals surface area contributed by atoms with Crippen molar-refractivity contribution in [2.45, 2.75) is 29.4 Å². The second-order valence-electron chi connectivity index (χ2n) is 6.00. The maximum Gasteiger partial charge on any atom is 0.238 e. The van der Waals surface area contributed by atoms with E-state index in [9.17, 15) is 9.59 Å². The van der Waals surface area contributed by atoms with Crippen LogP contribution in [0.5, 0.6) is 0 Å². The number of likely N-dealkylation sites (tertiary alicyclic amines) is 1. The Kier molecular flexibility index (Phi) is 5.14. The highest BCUT2D eigenvalue weighted by molar-refractivity contribution is 8.01. The maximum atomic E-state index is 12.5. The Bertz CT molecular complexity index is 617. The molecule has 1 atom stereocenters. The number of thioether (sulfide) groups is 1. The van der Waals surface area contributed by atoms with E-state index in [1.165, 1.54) is 11.8 Å². The van der Waals surface area contributed by atoms with Crippen LogP contribution in [0.3, 0.4) is 0 Å². The van der Waals surface area contributed by atoms with Crippen LogP contribution in [0.1, 0.15) is 19.3 Å². The Hall–Kier alpha value is -1.24. The summed E-state index contributed by atoms with van der Waals surface area (Å²) in [5.74, 6) is 0.434. The average molecular weight is 354 g/mol. The number of amides is 2. The van der Waals surface area contributed by atoms with Gasteiger partial charge in [0.1, 0.15) is 0 Å². The summed E-state index contributed by atoms with van der Waals surface area (Å²) < 4.78 is 0. The van der Waals surface area contributed by atoms with Gasteiger partial charge in [-0.15, -0.1) is 11.8 Å². The van der Waals surface area contributed by atoms with Crippen molar-refractivity contribution in [1.82, 2.24) is 4.90 Å². The first-order chi connectivity index (χ1) is 11.1. The van der Waals surface area contributed by atoms with Gasteiger partial charge in [-0.05, 0) is 43.5 Å². The van der Waals surface area contributed by atoms with Gasteiger partial charge < -0.3 is 16.0 Å². The first kappa shape index (κ1) is 16.6.